The predicted molar refractivity (Wildman–Crippen MR) is 102 cm³/mol. The molecule has 4 nitrogen and oxygen atoms in total. The molecule has 0 amide bonds. The molecule has 5 heteroatoms. The first-order valence-corrected chi connectivity index (χ1v) is 8.52. The average Bonchev–Trinajstić information content (AvgIpc) is 3.17. The zero-order valence-corrected chi connectivity index (χ0v) is 14.3. The molecule has 2 aromatic carbocycles. The van der Waals surface area contributed by atoms with Crippen LogP contribution in [0.15, 0.2) is 79.1 Å². The van der Waals surface area contributed by atoms with Gasteiger partial charge >= 0.3 is 0 Å². The van der Waals surface area contributed by atoms with Crippen molar-refractivity contribution in [2.45, 2.75) is 6.04 Å². The molecule has 0 radical (unpaired) electrons. The lowest BCUT2D eigenvalue weighted by molar-refractivity contribution is 0.613. The summed E-state index contributed by atoms with van der Waals surface area (Å²) in [7, 11) is 0. The van der Waals surface area contributed by atoms with Crippen LogP contribution in [0, 0.1) is 0 Å². The van der Waals surface area contributed by atoms with Crippen molar-refractivity contribution in [3.63, 3.8) is 0 Å². The molecule has 4 rings (SSSR count). The molecule has 2 heterocycles. The number of aromatic nitrogens is 3. The Labute approximate surface area is 151 Å². The van der Waals surface area contributed by atoms with Gasteiger partial charge in [-0.3, -0.25) is 0 Å². The van der Waals surface area contributed by atoms with Gasteiger partial charge in [0.25, 0.3) is 0 Å². The molecule has 0 spiro atoms. The standard InChI is InChI=1S/C20H17ClN4/c21-20-23-17-11-5-4-10-16(17)19(24-20)22-14-18(25-12-6-7-13-25)15-8-2-1-3-9-15/h1-13,18H,14H2,(H,22,23,24)/t18-/m1/s1. The summed E-state index contributed by atoms with van der Waals surface area (Å²) in [6, 6.07) is 22.5. The number of para-hydroxylation sites is 1. The first-order chi connectivity index (χ1) is 12.3. The fourth-order valence-corrected chi connectivity index (χ4v) is 3.18. The minimum absolute atomic E-state index is 0.156. The Bertz CT molecular complexity index is 968. The van der Waals surface area contributed by atoms with Gasteiger partial charge in [-0.1, -0.05) is 42.5 Å². The predicted octanol–water partition coefficient (Wildman–Crippen LogP) is 4.79. The molecule has 2 aromatic heterocycles. The van der Waals surface area contributed by atoms with E-state index in [-0.39, 0.29) is 11.3 Å². The third-order valence-corrected chi connectivity index (χ3v) is 4.38. The number of rotatable bonds is 5. The van der Waals surface area contributed by atoms with E-state index in [2.05, 4.69) is 56.5 Å². The highest BCUT2D eigenvalue weighted by molar-refractivity contribution is 6.28. The first-order valence-electron chi connectivity index (χ1n) is 8.15. The number of nitrogens with zero attached hydrogens (tertiary/aromatic N) is 3. The topological polar surface area (TPSA) is 42.7 Å². The summed E-state index contributed by atoms with van der Waals surface area (Å²) in [5.74, 6) is 0.753. The lowest BCUT2D eigenvalue weighted by atomic mass is 10.1. The van der Waals surface area contributed by atoms with Gasteiger partial charge in [-0.05, 0) is 41.4 Å². The molecule has 1 atom stereocenters. The van der Waals surface area contributed by atoms with E-state index < -0.39 is 0 Å². The maximum Gasteiger partial charge on any atom is 0.224 e. The number of anilines is 1. The normalized spacial score (nSPS) is 12.2. The van der Waals surface area contributed by atoms with Gasteiger partial charge in [0.2, 0.25) is 5.28 Å². The molecule has 0 fully saturated rings. The third kappa shape index (κ3) is 3.35. The van der Waals surface area contributed by atoms with E-state index in [9.17, 15) is 0 Å². The minimum Gasteiger partial charge on any atom is -0.367 e. The van der Waals surface area contributed by atoms with Crippen LogP contribution in [0.1, 0.15) is 11.6 Å². The Hall–Kier alpha value is -2.85. The van der Waals surface area contributed by atoms with Crippen molar-refractivity contribution in [1.29, 1.82) is 0 Å². The fraction of sp³-hybridized carbons (Fsp3) is 0.100. The summed E-state index contributed by atoms with van der Waals surface area (Å²) >= 11 is 6.09. The Morgan fingerprint density at radius 3 is 2.40 bits per heavy atom. The maximum absolute atomic E-state index is 6.09. The van der Waals surface area contributed by atoms with Crippen LogP contribution in [-0.4, -0.2) is 21.1 Å². The summed E-state index contributed by atoms with van der Waals surface area (Å²) in [5.41, 5.74) is 2.07. The van der Waals surface area contributed by atoms with Crippen LogP contribution in [0.25, 0.3) is 10.9 Å². The molecule has 0 aliphatic rings. The lowest BCUT2D eigenvalue weighted by Gasteiger charge is -2.21. The zero-order valence-electron chi connectivity index (χ0n) is 13.5. The number of benzene rings is 2. The Balaban J connectivity index is 1.66. The second kappa shape index (κ2) is 6.95. The maximum atomic E-state index is 6.09. The van der Waals surface area contributed by atoms with Crippen LogP contribution in [0.2, 0.25) is 5.28 Å². The first kappa shape index (κ1) is 15.7. The smallest absolute Gasteiger partial charge is 0.224 e. The number of halogens is 1. The highest BCUT2D eigenvalue weighted by Crippen LogP contribution is 2.24. The number of fused-ring (bicyclic) bond motifs is 1. The van der Waals surface area contributed by atoms with Gasteiger partial charge in [0, 0.05) is 24.3 Å². The van der Waals surface area contributed by atoms with Gasteiger partial charge in [-0.2, -0.15) is 0 Å². The van der Waals surface area contributed by atoms with E-state index in [0.717, 1.165) is 16.7 Å². The van der Waals surface area contributed by atoms with Gasteiger partial charge < -0.3 is 9.88 Å². The average molecular weight is 349 g/mol. The van der Waals surface area contributed by atoms with Crippen molar-refractivity contribution < 1.29 is 0 Å². The summed E-state index contributed by atoms with van der Waals surface area (Å²) in [5, 5.41) is 4.67. The van der Waals surface area contributed by atoms with Crippen LogP contribution in [-0.2, 0) is 0 Å². The summed E-state index contributed by atoms with van der Waals surface area (Å²) < 4.78 is 2.19. The lowest BCUT2D eigenvalue weighted by Crippen LogP contribution is -2.19. The van der Waals surface area contributed by atoms with Crippen LogP contribution in [0.4, 0.5) is 5.82 Å². The molecular formula is C20H17ClN4. The highest BCUT2D eigenvalue weighted by atomic mass is 35.5. The molecule has 0 saturated heterocycles. The number of nitrogens with one attached hydrogen (secondary N) is 1. The van der Waals surface area contributed by atoms with Crippen molar-refractivity contribution in [3.05, 3.63) is 90.0 Å². The Morgan fingerprint density at radius 2 is 1.60 bits per heavy atom. The summed E-state index contributed by atoms with van der Waals surface area (Å²) in [4.78, 5) is 8.66. The monoisotopic (exact) mass is 348 g/mol. The highest BCUT2D eigenvalue weighted by Gasteiger charge is 2.14. The molecule has 0 bridgehead atoms. The Morgan fingerprint density at radius 1 is 0.880 bits per heavy atom. The van der Waals surface area contributed by atoms with E-state index in [1.807, 2.05) is 42.5 Å². The largest absolute Gasteiger partial charge is 0.367 e. The van der Waals surface area contributed by atoms with Gasteiger partial charge in [-0.15, -0.1) is 0 Å². The molecule has 0 saturated carbocycles. The van der Waals surface area contributed by atoms with Crippen LogP contribution < -0.4 is 5.32 Å². The molecule has 25 heavy (non-hydrogen) atoms. The Kier molecular flexibility index (Phi) is 4.36. The van der Waals surface area contributed by atoms with Crippen molar-refractivity contribution >= 4 is 28.3 Å². The van der Waals surface area contributed by atoms with Crippen LogP contribution in [0.3, 0.4) is 0 Å². The molecule has 124 valence electrons. The van der Waals surface area contributed by atoms with E-state index in [1.54, 1.807) is 0 Å². The van der Waals surface area contributed by atoms with Crippen molar-refractivity contribution in [3.8, 4) is 0 Å². The number of hydrogen-bond donors (Lipinski definition) is 1. The summed E-state index contributed by atoms with van der Waals surface area (Å²) in [6.07, 6.45) is 4.15. The molecule has 0 unspecified atom stereocenters. The van der Waals surface area contributed by atoms with Crippen molar-refractivity contribution in [2.24, 2.45) is 0 Å². The summed E-state index contributed by atoms with van der Waals surface area (Å²) in [6.45, 7) is 0.691. The van der Waals surface area contributed by atoms with E-state index >= 15 is 0 Å². The quantitative estimate of drug-likeness (QED) is 0.527. The van der Waals surface area contributed by atoms with Crippen molar-refractivity contribution in [2.75, 3.05) is 11.9 Å². The van der Waals surface area contributed by atoms with Gasteiger partial charge in [0.1, 0.15) is 5.82 Å². The van der Waals surface area contributed by atoms with E-state index in [1.165, 1.54) is 5.56 Å². The number of hydrogen-bond acceptors (Lipinski definition) is 3. The van der Waals surface area contributed by atoms with E-state index in [4.69, 9.17) is 11.6 Å². The van der Waals surface area contributed by atoms with Gasteiger partial charge in [-0.25, -0.2) is 9.97 Å². The molecule has 1 N–H and O–H groups in total. The van der Waals surface area contributed by atoms with Gasteiger partial charge in [0.15, 0.2) is 0 Å². The molecule has 4 aromatic rings. The van der Waals surface area contributed by atoms with Crippen molar-refractivity contribution in [1.82, 2.24) is 14.5 Å². The molecular weight excluding hydrogens is 332 g/mol. The van der Waals surface area contributed by atoms with Crippen LogP contribution >= 0.6 is 11.6 Å². The van der Waals surface area contributed by atoms with Gasteiger partial charge in [0.05, 0.1) is 11.6 Å². The molecule has 0 aliphatic heterocycles. The third-order valence-electron chi connectivity index (χ3n) is 4.21. The minimum atomic E-state index is 0.156. The fourth-order valence-electron chi connectivity index (χ4n) is 3.00. The SMILES string of the molecule is Clc1nc(NC[C@H](c2ccccc2)n2cccc2)c2ccccc2n1. The zero-order chi connectivity index (χ0) is 17.1. The second-order valence-electron chi connectivity index (χ2n) is 5.80. The second-order valence-corrected chi connectivity index (χ2v) is 6.13. The van der Waals surface area contributed by atoms with E-state index in [0.29, 0.717) is 6.54 Å². The van der Waals surface area contributed by atoms with Crippen LogP contribution in [0.5, 0.6) is 0 Å². The molecule has 0 aliphatic carbocycles.